The Morgan fingerprint density at radius 3 is 2.76 bits per heavy atom. The van der Waals surface area contributed by atoms with E-state index in [1.807, 2.05) is 18.2 Å². The maximum atomic E-state index is 14.3. The first-order valence-corrected chi connectivity index (χ1v) is 9.16. The number of halogens is 1. The highest BCUT2D eigenvalue weighted by atomic mass is 32.1. The molecule has 1 aliphatic heterocycles. The van der Waals surface area contributed by atoms with Crippen molar-refractivity contribution in [1.29, 1.82) is 0 Å². The zero-order valence-electron chi connectivity index (χ0n) is 14.2. The van der Waals surface area contributed by atoms with Crippen molar-refractivity contribution >= 4 is 22.7 Å². The summed E-state index contributed by atoms with van der Waals surface area (Å²) in [6.45, 7) is 4.77. The number of nitrogens with zero attached hydrogens (tertiary/aromatic N) is 3. The van der Waals surface area contributed by atoms with E-state index in [9.17, 15) is 4.39 Å². The lowest BCUT2D eigenvalue weighted by Gasteiger charge is -2.19. The average Bonchev–Trinajstić information content (AvgIpc) is 2.92. The van der Waals surface area contributed by atoms with E-state index in [1.54, 1.807) is 29.8 Å². The average molecular weight is 352 g/mol. The van der Waals surface area contributed by atoms with Crippen LogP contribution in [-0.2, 0) is 0 Å². The highest BCUT2D eigenvalue weighted by Gasteiger charge is 2.36. The molecule has 0 radical (unpaired) electrons. The van der Waals surface area contributed by atoms with Crippen LogP contribution in [0.25, 0.3) is 5.70 Å². The van der Waals surface area contributed by atoms with Crippen molar-refractivity contribution in [2.75, 3.05) is 6.54 Å². The Labute approximate surface area is 150 Å². The number of hydrogen-bond donors (Lipinski definition) is 0. The fourth-order valence-electron chi connectivity index (χ4n) is 3.22. The summed E-state index contributed by atoms with van der Waals surface area (Å²) in [6, 6.07) is 4.00. The van der Waals surface area contributed by atoms with Gasteiger partial charge in [0.1, 0.15) is 6.17 Å². The summed E-state index contributed by atoms with van der Waals surface area (Å²) in [5.74, 6) is 0.679. The van der Waals surface area contributed by atoms with Gasteiger partial charge >= 0.3 is 0 Å². The molecule has 2 aromatic rings. The lowest BCUT2D eigenvalue weighted by molar-refractivity contribution is -0.432. The minimum absolute atomic E-state index is 0.451. The third kappa shape index (κ3) is 3.00. The summed E-state index contributed by atoms with van der Waals surface area (Å²) in [6.07, 6.45) is 10.8. The molecule has 2 aromatic heterocycles. The molecule has 0 bridgehead atoms. The van der Waals surface area contributed by atoms with Crippen LogP contribution in [0.3, 0.4) is 0 Å². The van der Waals surface area contributed by atoms with Crippen LogP contribution in [0.2, 0.25) is 0 Å². The van der Waals surface area contributed by atoms with E-state index in [-0.39, 0.29) is 0 Å². The van der Waals surface area contributed by atoms with Gasteiger partial charge in [0.25, 0.3) is 5.70 Å². The molecule has 1 aliphatic carbocycles. The summed E-state index contributed by atoms with van der Waals surface area (Å²) < 4.78 is 16.4. The number of alkyl halides is 1. The third-order valence-corrected chi connectivity index (χ3v) is 5.47. The topological polar surface area (TPSA) is 28.8 Å². The third-order valence-electron chi connectivity index (χ3n) is 4.50. The molecule has 2 aliphatic rings. The van der Waals surface area contributed by atoms with Gasteiger partial charge in [0.15, 0.2) is 6.54 Å². The summed E-state index contributed by atoms with van der Waals surface area (Å²) in [5.41, 5.74) is 4.07. The zero-order valence-corrected chi connectivity index (χ0v) is 15.1. The highest BCUT2D eigenvalue weighted by molar-refractivity contribution is 7.12. The van der Waals surface area contributed by atoms with Gasteiger partial charge in [0, 0.05) is 34.1 Å². The second-order valence-corrected chi connectivity index (χ2v) is 7.73. The van der Waals surface area contributed by atoms with Gasteiger partial charge in [0.2, 0.25) is 11.5 Å². The van der Waals surface area contributed by atoms with Gasteiger partial charge in [-0.25, -0.2) is 14.4 Å². The molecule has 0 saturated carbocycles. The Hall–Kier alpha value is -2.40. The predicted octanol–water partition coefficient (Wildman–Crippen LogP) is 4.24. The van der Waals surface area contributed by atoms with Crippen molar-refractivity contribution in [3.63, 3.8) is 0 Å². The Morgan fingerprint density at radius 2 is 2.08 bits per heavy atom. The smallest absolute Gasteiger partial charge is 0.242 e. The quantitative estimate of drug-likeness (QED) is 0.770. The molecule has 25 heavy (non-hydrogen) atoms. The number of rotatable bonds is 4. The van der Waals surface area contributed by atoms with Gasteiger partial charge in [-0.1, -0.05) is 18.2 Å². The van der Waals surface area contributed by atoms with Crippen molar-refractivity contribution in [3.8, 4) is 0 Å². The summed E-state index contributed by atoms with van der Waals surface area (Å²) >= 11 is 1.78. The van der Waals surface area contributed by atoms with Crippen LogP contribution in [0.1, 0.15) is 27.6 Å². The van der Waals surface area contributed by atoms with Crippen LogP contribution in [0.5, 0.6) is 0 Å². The van der Waals surface area contributed by atoms with Crippen molar-refractivity contribution in [3.05, 3.63) is 75.5 Å². The lowest BCUT2D eigenvalue weighted by Crippen LogP contribution is -2.32. The van der Waals surface area contributed by atoms with E-state index in [1.165, 1.54) is 15.3 Å². The van der Waals surface area contributed by atoms with Gasteiger partial charge in [-0.05, 0) is 26.0 Å². The van der Waals surface area contributed by atoms with E-state index >= 15 is 0 Å². The molecule has 1 atom stereocenters. The lowest BCUT2D eigenvalue weighted by atomic mass is 9.98. The minimum Gasteiger partial charge on any atom is -0.242 e. The summed E-state index contributed by atoms with van der Waals surface area (Å²) in [4.78, 5) is 11.3. The molecule has 0 spiro atoms. The second kappa shape index (κ2) is 6.48. The number of allylic oxidation sites excluding steroid dienone is 4. The maximum Gasteiger partial charge on any atom is 0.257 e. The van der Waals surface area contributed by atoms with Crippen LogP contribution in [0.4, 0.5) is 4.39 Å². The van der Waals surface area contributed by atoms with E-state index < -0.39 is 6.17 Å². The number of hydrogen-bond acceptors (Lipinski definition) is 3. The van der Waals surface area contributed by atoms with Gasteiger partial charge in [-0.3, -0.25) is 0 Å². The largest absolute Gasteiger partial charge is 0.257 e. The van der Waals surface area contributed by atoms with E-state index in [0.29, 0.717) is 18.8 Å². The molecule has 0 fully saturated rings. The molecule has 5 heteroatoms. The number of aromatic nitrogens is 2. The molecule has 0 saturated heterocycles. The predicted molar refractivity (Wildman–Crippen MR) is 99.8 cm³/mol. The first kappa shape index (κ1) is 16.1. The van der Waals surface area contributed by atoms with Crippen LogP contribution in [0.15, 0.2) is 54.4 Å². The monoisotopic (exact) mass is 352 g/mol. The molecule has 0 amide bonds. The van der Waals surface area contributed by atoms with Crippen LogP contribution < -0.4 is 0 Å². The standard InChI is InChI=1S/C20H19FN3S/c1-13-10-16(14(2)25-13)18-11-19(20-22-8-5-9-23-20)24(18)12-15-6-3-4-7-17(15)21/h3-6,8-11,17H,7,12H2,1-2H3/q+1. The molecule has 0 N–H and O–H groups in total. The fraction of sp³-hybridized carbons (Fsp3) is 0.250. The Morgan fingerprint density at radius 1 is 1.28 bits per heavy atom. The molecule has 126 valence electrons. The first-order chi connectivity index (χ1) is 12.1. The normalized spacial score (nSPS) is 19.6. The van der Waals surface area contributed by atoms with Crippen LogP contribution in [-0.4, -0.2) is 33.0 Å². The molecule has 3 heterocycles. The van der Waals surface area contributed by atoms with E-state index in [2.05, 4.69) is 40.5 Å². The molecule has 1 unspecified atom stereocenters. The molecule has 0 aromatic carbocycles. The Balaban J connectivity index is 1.74. The van der Waals surface area contributed by atoms with Crippen LogP contribution >= 0.6 is 11.3 Å². The van der Waals surface area contributed by atoms with Crippen LogP contribution in [0, 0.1) is 13.8 Å². The van der Waals surface area contributed by atoms with Crippen molar-refractivity contribution in [2.45, 2.75) is 26.4 Å². The van der Waals surface area contributed by atoms with Gasteiger partial charge in [0.05, 0.1) is 11.6 Å². The zero-order chi connectivity index (χ0) is 17.4. The molecular formula is C20H19FN3S+. The maximum absolute atomic E-state index is 14.3. The Bertz CT molecular complexity index is 935. The number of aryl methyl sites for hydroxylation is 2. The SMILES string of the molecule is Cc1cc(C2=[N+](CC3=CC=CCC3F)C(c3ncccn3)=C2)c(C)s1. The first-order valence-electron chi connectivity index (χ1n) is 8.34. The second-order valence-electron chi connectivity index (χ2n) is 6.27. The van der Waals surface area contributed by atoms with E-state index in [0.717, 1.165) is 17.0 Å². The highest BCUT2D eigenvalue weighted by Crippen LogP contribution is 2.30. The van der Waals surface area contributed by atoms with Crippen molar-refractivity contribution in [1.82, 2.24) is 9.97 Å². The van der Waals surface area contributed by atoms with Gasteiger partial charge in [-0.15, -0.1) is 11.3 Å². The Kier molecular flexibility index (Phi) is 4.17. The summed E-state index contributed by atoms with van der Waals surface area (Å²) in [5, 5.41) is 0. The minimum atomic E-state index is -0.921. The van der Waals surface area contributed by atoms with Gasteiger partial charge < -0.3 is 0 Å². The molecule has 4 rings (SSSR count). The molecule has 3 nitrogen and oxygen atoms in total. The number of thiophene rings is 1. The molecular weight excluding hydrogens is 333 g/mol. The summed E-state index contributed by atoms with van der Waals surface area (Å²) in [7, 11) is 0. The fourth-order valence-corrected chi connectivity index (χ4v) is 4.16. The van der Waals surface area contributed by atoms with Crippen molar-refractivity contribution < 1.29 is 8.97 Å². The van der Waals surface area contributed by atoms with E-state index in [4.69, 9.17) is 0 Å². The van der Waals surface area contributed by atoms with Crippen molar-refractivity contribution in [2.24, 2.45) is 0 Å². The van der Waals surface area contributed by atoms with Gasteiger partial charge in [-0.2, -0.15) is 4.58 Å².